The largest absolute Gasteiger partial charge is 0.462 e. The number of aromatic nitrogens is 1. The van der Waals surface area contributed by atoms with Gasteiger partial charge in [0.05, 0.1) is 31.0 Å². The molecule has 0 fully saturated rings. The van der Waals surface area contributed by atoms with Crippen molar-refractivity contribution in [1.29, 1.82) is 0 Å². The number of aryl methyl sites for hydroxylation is 1. The van der Waals surface area contributed by atoms with Gasteiger partial charge in [0.2, 0.25) is 0 Å². The molecule has 7 nitrogen and oxygen atoms in total. The molecule has 0 aliphatic carbocycles. The number of aliphatic hydroxyl groups excluding tert-OH is 1. The van der Waals surface area contributed by atoms with E-state index < -0.39 is 17.7 Å². The van der Waals surface area contributed by atoms with E-state index in [-0.39, 0.29) is 19.8 Å². The van der Waals surface area contributed by atoms with Crippen LogP contribution in [-0.2, 0) is 29.7 Å². The zero-order valence-electron chi connectivity index (χ0n) is 21.3. The van der Waals surface area contributed by atoms with Crippen LogP contribution in [0.15, 0.2) is 54.6 Å². The number of rotatable bonds is 6. The SMILES string of the molecule is CCOC(=O)c1c(CNC(=O)OC(C)(C)C)n(C)c2cc(CO)c(-c3cccc4ccccc34)cc12. The van der Waals surface area contributed by atoms with Gasteiger partial charge in [0.25, 0.3) is 0 Å². The Balaban J connectivity index is 1.90. The van der Waals surface area contributed by atoms with Crippen molar-refractivity contribution >= 4 is 33.7 Å². The Labute approximate surface area is 210 Å². The number of nitrogens with zero attached hydrogens (tertiary/aromatic N) is 1. The van der Waals surface area contributed by atoms with Crippen LogP contribution in [0.4, 0.5) is 4.79 Å². The van der Waals surface area contributed by atoms with E-state index in [1.54, 1.807) is 27.7 Å². The average molecular weight is 489 g/mol. The van der Waals surface area contributed by atoms with Gasteiger partial charge >= 0.3 is 12.1 Å². The number of carbonyl (C=O) groups excluding carboxylic acids is 2. The Bertz CT molecular complexity index is 1440. The van der Waals surface area contributed by atoms with E-state index in [1.807, 2.05) is 66.2 Å². The fourth-order valence-electron chi connectivity index (χ4n) is 4.53. The van der Waals surface area contributed by atoms with Crippen LogP contribution in [0.5, 0.6) is 0 Å². The van der Waals surface area contributed by atoms with Crippen molar-refractivity contribution in [2.75, 3.05) is 6.61 Å². The normalized spacial score (nSPS) is 11.6. The summed E-state index contributed by atoms with van der Waals surface area (Å²) in [4.78, 5) is 25.5. The molecule has 0 aliphatic rings. The fourth-order valence-corrected chi connectivity index (χ4v) is 4.53. The maximum absolute atomic E-state index is 13.2. The lowest BCUT2D eigenvalue weighted by Gasteiger charge is -2.20. The van der Waals surface area contributed by atoms with Gasteiger partial charge in [-0.3, -0.25) is 0 Å². The second-order valence-electron chi connectivity index (χ2n) is 9.67. The van der Waals surface area contributed by atoms with Crippen LogP contribution < -0.4 is 5.32 Å². The topological polar surface area (TPSA) is 89.8 Å². The minimum Gasteiger partial charge on any atom is -0.462 e. The molecule has 188 valence electrons. The lowest BCUT2D eigenvalue weighted by Crippen LogP contribution is -2.33. The van der Waals surface area contributed by atoms with Crippen molar-refractivity contribution in [2.45, 2.75) is 46.4 Å². The third-order valence-corrected chi connectivity index (χ3v) is 6.07. The van der Waals surface area contributed by atoms with Crippen molar-refractivity contribution in [3.8, 4) is 11.1 Å². The molecule has 36 heavy (non-hydrogen) atoms. The van der Waals surface area contributed by atoms with E-state index >= 15 is 0 Å². The van der Waals surface area contributed by atoms with Gasteiger partial charge in [-0.1, -0.05) is 42.5 Å². The second kappa shape index (κ2) is 10.0. The van der Waals surface area contributed by atoms with Gasteiger partial charge < -0.3 is 24.5 Å². The summed E-state index contributed by atoms with van der Waals surface area (Å²) in [6, 6.07) is 17.9. The summed E-state index contributed by atoms with van der Waals surface area (Å²) in [5.41, 5.74) is 3.63. The van der Waals surface area contributed by atoms with Crippen molar-refractivity contribution in [1.82, 2.24) is 9.88 Å². The van der Waals surface area contributed by atoms with Crippen LogP contribution in [0.1, 0.15) is 49.3 Å². The highest BCUT2D eigenvalue weighted by Gasteiger charge is 2.25. The Hall–Kier alpha value is -3.84. The molecular formula is C29H32N2O5. The van der Waals surface area contributed by atoms with Gasteiger partial charge in [-0.2, -0.15) is 0 Å². The Morgan fingerprint density at radius 1 is 1.00 bits per heavy atom. The van der Waals surface area contributed by atoms with Gasteiger partial charge in [0.15, 0.2) is 0 Å². The Kier molecular flexibility index (Phi) is 7.04. The first-order valence-corrected chi connectivity index (χ1v) is 12.0. The first-order chi connectivity index (χ1) is 17.1. The third kappa shape index (κ3) is 4.93. The molecule has 1 heterocycles. The molecule has 0 saturated carbocycles. The molecular weight excluding hydrogens is 456 g/mol. The fraction of sp³-hybridized carbons (Fsp3) is 0.310. The molecule has 0 radical (unpaired) electrons. The summed E-state index contributed by atoms with van der Waals surface area (Å²) < 4.78 is 12.6. The highest BCUT2D eigenvalue weighted by atomic mass is 16.6. The third-order valence-electron chi connectivity index (χ3n) is 6.07. The molecule has 3 aromatic carbocycles. The minimum atomic E-state index is -0.642. The first kappa shape index (κ1) is 25.3. The van der Waals surface area contributed by atoms with Crippen molar-refractivity contribution in [2.24, 2.45) is 7.05 Å². The van der Waals surface area contributed by atoms with Crippen molar-refractivity contribution in [3.05, 3.63) is 71.4 Å². The summed E-state index contributed by atoms with van der Waals surface area (Å²) in [5, 5.41) is 15.9. The van der Waals surface area contributed by atoms with Crippen molar-refractivity contribution < 1.29 is 24.2 Å². The highest BCUT2D eigenvalue weighted by Crippen LogP contribution is 2.37. The maximum Gasteiger partial charge on any atom is 0.407 e. The van der Waals surface area contributed by atoms with Gasteiger partial charge in [-0.05, 0) is 67.3 Å². The quantitative estimate of drug-likeness (QED) is 0.340. The van der Waals surface area contributed by atoms with Gasteiger partial charge in [0.1, 0.15) is 5.60 Å². The predicted molar refractivity (Wildman–Crippen MR) is 141 cm³/mol. The number of amides is 1. The summed E-state index contributed by atoms with van der Waals surface area (Å²) in [6.45, 7) is 7.26. The maximum atomic E-state index is 13.2. The summed E-state index contributed by atoms with van der Waals surface area (Å²) >= 11 is 0. The molecule has 1 aromatic heterocycles. The predicted octanol–water partition coefficient (Wildman–Crippen LogP) is 5.69. The summed E-state index contributed by atoms with van der Waals surface area (Å²) in [5.74, 6) is -0.468. The smallest absolute Gasteiger partial charge is 0.407 e. The van der Waals surface area contributed by atoms with Crippen LogP contribution in [0.3, 0.4) is 0 Å². The number of esters is 1. The van der Waals surface area contributed by atoms with Crippen LogP contribution in [0.25, 0.3) is 32.8 Å². The Morgan fingerprint density at radius 2 is 1.72 bits per heavy atom. The van der Waals surface area contributed by atoms with Gasteiger partial charge in [0, 0.05) is 18.0 Å². The van der Waals surface area contributed by atoms with Crippen LogP contribution >= 0.6 is 0 Å². The van der Waals surface area contributed by atoms with E-state index in [1.165, 1.54) is 0 Å². The lowest BCUT2D eigenvalue weighted by atomic mass is 9.93. The molecule has 0 unspecified atom stereocenters. The molecule has 0 spiro atoms. The molecule has 4 aromatic rings. The van der Waals surface area contributed by atoms with E-state index in [0.29, 0.717) is 16.6 Å². The van der Waals surface area contributed by atoms with E-state index in [9.17, 15) is 14.7 Å². The monoisotopic (exact) mass is 488 g/mol. The number of fused-ring (bicyclic) bond motifs is 2. The van der Waals surface area contributed by atoms with E-state index in [0.717, 1.165) is 33.0 Å². The summed E-state index contributed by atoms with van der Waals surface area (Å²) in [6.07, 6.45) is -0.574. The molecule has 1 amide bonds. The van der Waals surface area contributed by atoms with Gasteiger partial charge in [-0.25, -0.2) is 9.59 Å². The van der Waals surface area contributed by atoms with Gasteiger partial charge in [-0.15, -0.1) is 0 Å². The highest BCUT2D eigenvalue weighted by molar-refractivity contribution is 6.08. The van der Waals surface area contributed by atoms with Crippen LogP contribution in [0, 0.1) is 0 Å². The number of benzene rings is 3. The molecule has 2 N–H and O–H groups in total. The zero-order chi connectivity index (χ0) is 26.0. The first-order valence-electron chi connectivity index (χ1n) is 12.0. The number of carbonyl (C=O) groups is 2. The van der Waals surface area contributed by atoms with Crippen LogP contribution in [0.2, 0.25) is 0 Å². The Morgan fingerprint density at radius 3 is 2.42 bits per heavy atom. The number of nitrogens with one attached hydrogen (secondary N) is 1. The molecule has 0 bridgehead atoms. The standard InChI is InChI=1S/C29H32N2O5/c1-6-35-27(33)26-23-15-22(21-13-9-11-18-10-7-8-12-20(18)21)19(17-32)14-24(23)31(5)25(26)16-30-28(34)36-29(2,3)4/h7-15,32H,6,16-17H2,1-5H3,(H,30,34). The molecule has 4 rings (SSSR count). The molecule has 0 saturated heterocycles. The lowest BCUT2D eigenvalue weighted by molar-refractivity contribution is 0.0502. The summed E-state index contributed by atoms with van der Waals surface area (Å²) in [7, 11) is 1.83. The molecule has 7 heteroatoms. The number of hydrogen-bond acceptors (Lipinski definition) is 5. The number of alkyl carbamates (subject to hydrolysis) is 1. The molecule has 0 aliphatic heterocycles. The number of aliphatic hydroxyl groups is 1. The minimum absolute atomic E-state index is 0.0757. The molecule has 0 atom stereocenters. The van der Waals surface area contributed by atoms with E-state index in [2.05, 4.69) is 5.32 Å². The number of ether oxygens (including phenoxy) is 2. The van der Waals surface area contributed by atoms with Crippen molar-refractivity contribution in [3.63, 3.8) is 0 Å². The van der Waals surface area contributed by atoms with Crippen LogP contribution in [-0.4, -0.2) is 33.9 Å². The number of hydrogen-bond donors (Lipinski definition) is 2. The van der Waals surface area contributed by atoms with E-state index in [4.69, 9.17) is 9.47 Å². The average Bonchev–Trinajstić information content (AvgIpc) is 3.11. The second-order valence-corrected chi connectivity index (χ2v) is 9.67. The zero-order valence-corrected chi connectivity index (χ0v) is 21.3.